The van der Waals surface area contributed by atoms with Crippen LogP contribution in [-0.4, -0.2) is 35.0 Å². The third-order valence-electron chi connectivity index (χ3n) is 2.86. The van der Waals surface area contributed by atoms with E-state index in [1.165, 1.54) is 11.1 Å². The van der Waals surface area contributed by atoms with Gasteiger partial charge in [-0.05, 0) is 24.6 Å². The molecule has 0 saturated carbocycles. The van der Waals surface area contributed by atoms with Crippen LogP contribution in [0.5, 0.6) is 5.75 Å². The summed E-state index contributed by atoms with van der Waals surface area (Å²) in [4.78, 5) is 17.5. The maximum absolute atomic E-state index is 11.9. The fourth-order valence-electron chi connectivity index (χ4n) is 1.85. The van der Waals surface area contributed by atoms with E-state index in [-0.39, 0.29) is 11.7 Å². The molecule has 0 aliphatic rings. The van der Waals surface area contributed by atoms with E-state index in [1.54, 1.807) is 32.4 Å². The van der Waals surface area contributed by atoms with Gasteiger partial charge in [0.25, 0.3) is 5.91 Å². The Balaban J connectivity index is 2.46. The van der Waals surface area contributed by atoms with Gasteiger partial charge in [-0.25, -0.2) is 0 Å². The molecule has 1 amide bonds. The van der Waals surface area contributed by atoms with Crippen LogP contribution < -0.4 is 0 Å². The fourth-order valence-corrected chi connectivity index (χ4v) is 1.85. The molecule has 1 N–H and O–H groups in total. The number of hydrogen-bond acceptors (Lipinski definition) is 3. The van der Waals surface area contributed by atoms with Crippen molar-refractivity contribution in [3.8, 4) is 16.9 Å². The zero-order valence-corrected chi connectivity index (χ0v) is 11.2. The zero-order valence-electron chi connectivity index (χ0n) is 11.2. The molecular weight excluding hydrogens is 240 g/mol. The van der Waals surface area contributed by atoms with Crippen LogP contribution in [0.15, 0.2) is 36.7 Å². The molecule has 1 heterocycles. The number of aryl methyl sites for hydroxylation is 1. The first-order chi connectivity index (χ1) is 8.99. The standard InChI is InChI=1S/C15H16N2O2/c1-10-4-5-13(14(18)6-10)11-7-12(9-16-8-11)15(19)17(2)3/h4-9,18H,1-3H3. The maximum Gasteiger partial charge on any atom is 0.254 e. The summed E-state index contributed by atoms with van der Waals surface area (Å²) in [5.41, 5.74) is 2.88. The lowest BCUT2D eigenvalue weighted by Gasteiger charge is -2.11. The maximum atomic E-state index is 11.9. The second kappa shape index (κ2) is 5.10. The minimum absolute atomic E-state index is 0.110. The quantitative estimate of drug-likeness (QED) is 0.898. The van der Waals surface area contributed by atoms with Gasteiger partial charge in [0.1, 0.15) is 5.75 Å². The monoisotopic (exact) mass is 256 g/mol. The van der Waals surface area contributed by atoms with Gasteiger partial charge in [0.2, 0.25) is 0 Å². The summed E-state index contributed by atoms with van der Waals surface area (Å²) >= 11 is 0. The summed E-state index contributed by atoms with van der Waals surface area (Å²) in [5, 5.41) is 9.96. The van der Waals surface area contributed by atoms with Gasteiger partial charge < -0.3 is 10.0 Å². The van der Waals surface area contributed by atoms with Crippen LogP contribution in [-0.2, 0) is 0 Å². The van der Waals surface area contributed by atoms with Gasteiger partial charge in [-0.3, -0.25) is 9.78 Å². The molecule has 0 aliphatic heterocycles. The highest BCUT2D eigenvalue weighted by molar-refractivity contribution is 5.94. The van der Waals surface area contributed by atoms with Crippen molar-refractivity contribution in [3.63, 3.8) is 0 Å². The average molecular weight is 256 g/mol. The molecule has 1 aromatic heterocycles. The number of rotatable bonds is 2. The van der Waals surface area contributed by atoms with E-state index in [1.807, 2.05) is 19.1 Å². The van der Waals surface area contributed by atoms with Crippen LogP contribution >= 0.6 is 0 Å². The molecule has 0 saturated heterocycles. The van der Waals surface area contributed by atoms with Gasteiger partial charge in [0.15, 0.2) is 0 Å². The zero-order chi connectivity index (χ0) is 14.0. The number of nitrogens with zero attached hydrogens (tertiary/aromatic N) is 2. The Kier molecular flexibility index (Phi) is 3.51. The number of aromatic nitrogens is 1. The van der Waals surface area contributed by atoms with Crippen molar-refractivity contribution < 1.29 is 9.90 Å². The SMILES string of the molecule is Cc1ccc(-c2cncc(C(=O)N(C)C)c2)c(O)c1. The lowest BCUT2D eigenvalue weighted by atomic mass is 10.0. The third kappa shape index (κ3) is 2.73. The molecule has 0 bridgehead atoms. The van der Waals surface area contributed by atoms with Crippen LogP contribution in [0.2, 0.25) is 0 Å². The summed E-state index contributed by atoms with van der Waals surface area (Å²) in [6.07, 6.45) is 3.16. The molecule has 0 fully saturated rings. The van der Waals surface area contributed by atoms with Gasteiger partial charge in [-0.1, -0.05) is 12.1 Å². The van der Waals surface area contributed by atoms with Crippen LogP contribution in [0.3, 0.4) is 0 Å². The minimum atomic E-state index is -0.110. The van der Waals surface area contributed by atoms with Gasteiger partial charge in [-0.15, -0.1) is 0 Å². The van der Waals surface area contributed by atoms with Crippen LogP contribution in [0.25, 0.3) is 11.1 Å². The molecule has 0 unspecified atom stereocenters. The Labute approximate surface area is 112 Å². The first-order valence-corrected chi connectivity index (χ1v) is 5.95. The Morgan fingerprint density at radius 2 is 1.95 bits per heavy atom. The predicted octanol–water partition coefficient (Wildman–Crippen LogP) is 2.46. The number of phenols is 1. The summed E-state index contributed by atoms with van der Waals surface area (Å²) in [6, 6.07) is 7.16. The molecule has 19 heavy (non-hydrogen) atoms. The van der Waals surface area contributed by atoms with Gasteiger partial charge in [-0.2, -0.15) is 0 Å². The van der Waals surface area contributed by atoms with Crippen molar-refractivity contribution in [1.29, 1.82) is 0 Å². The van der Waals surface area contributed by atoms with E-state index in [4.69, 9.17) is 0 Å². The Morgan fingerprint density at radius 1 is 1.21 bits per heavy atom. The second-order valence-electron chi connectivity index (χ2n) is 4.68. The highest BCUT2D eigenvalue weighted by Crippen LogP contribution is 2.29. The summed E-state index contributed by atoms with van der Waals surface area (Å²) in [5.74, 6) is 0.0807. The van der Waals surface area contributed by atoms with Crippen molar-refractivity contribution in [2.24, 2.45) is 0 Å². The minimum Gasteiger partial charge on any atom is -0.507 e. The van der Waals surface area contributed by atoms with Crippen LogP contribution in [0.1, 0.15) is 15.9 Å². The highest BCUT2D eigenvalue weighted by atomic mass is 16.3. The largest absolute Gasteiger partial charge is 0.507 e. The van der Waals surface area contributed by atoms with Gasteiger partial charge in [0, 0.05) is 37.6 Å². The van der Waals surface area contributed by atoms with Crippen molar-refractivity contribution >= 4 is 5.91 Å². The summed E-state index contributed by atoms with van der Waals surface area (Å²) in [6.45, 7) is 1.91. The number of hydrogen-bond donors (Lipinski definition) is 1. The molecule has 98 valence electrons. The Bertz CT molecular complexity index is 621. The van der Waals surface area contributed by atoms with E-state index < -0.39 is 0 Å². The first kappa shape index (κ1) is 13.1. The number of carbonyl (C=O) groups is 1. The second-order valence-corrected chi connectivity index (χ2v) is 4.68. The normalized spacial score (nSPS) is 10.3. The van der Waals surface area contributed by atoms with Crippen LogP contribution in [0.4, 0.5) is 0 Å². The van der Waals surface area contributed by atoms with E-state index >= 15 is 0 Å². The molecule has 2 rings (SSSR count). The van der Waals surface area contributed by atoms with E-state index in [2.05, 4.69) is 4.98 Å². The topological polar surface area (TPSA) is 53.4 Å². The number of phenolic OH excluding ortho intramolecular Hbond substituents is 1. The number of benzene rings is 1. The molecular formula is C15H16N2O2. The van der Waals surface area contributed by atoms with E-state index in [0.29, 0.717) is 11.1 Å². The van der Waals surface area contributed by atoms with Crippen LogP contribution in [0, 0.1) is 6.92 Å². The molecule has 4 nitrogen and oxygen atoms in total. The first-order valence-electron chi connectivity index (χ1n) is 5.95. The lowest BCUT2D eigenvalue weighted by Crippen LogP contribution is -2.21. The molecule has 2 aromatic rings. The lowest BCUT2D eigenvalue weighted by molar-refractivity contribution is 0.0827. The van der Waals surface area contributed by atoms with Gasteiger partial charge in [0.05, 0.1) is 5.56 Å². The Hall–Kier alpha value is -2.36. The number of pyridine rings is 1. The molecule has 0 aliphatic carbocycles. The Morgan fingerprint density at radius 3 is 2.58 bits per heavy atom. The smallest absolute Gasteiger partial charge is 0.254 e. The van der Waals surface area contributed by atoms with Crippen molar-refractivity contribution in [3.05, 3.63) is 47.8 Å². The number of amides is 1. The molecule has 1 aromatic carbocycles. The summed E-state index contributed by atoms with van der Waals surface area (Å²) in [7, 11) is 3.39. The van der Waals surface area contributed by atoms with Crippen molar-refractivity contribution in [2.75, 3.05) is 14.1 Å². The molecule has 4 heteroatoms. The number of aromatic hydroxyl groups is 1. The van der Waals surface area contributed by atoms with E-state index in [0.717, 1.165) is 11.1 Å². The highest BCUT2D eigenvalue weighted by Gasteiger charge is 2.11. The number of carbonyl (C=O) groups excluding carboxylic acids is 1. The fraction of sp³-hybridized carbons (Fsp3) is 0.200. The molecule has 0 radical (unpaired) electrons. The molecule has 0 atom stereocenters. The van der Waals surface area contributed by atoms with Gasteiger partial charge >= 0.3 is 0 Å². The predicted molar refractivity (Wildman–Crippen MR) is 74.1 cm³/mol. The molecule has 0 spiro atoms. The van der Waals surface area contributed by atoms with E-state index in [9.17, 15) is 9.90 Å². The summed E-state index contributed by atoms with van der Waals surface area (Å²) < 4.78 is 0. The van der Waals surface area contributed by atoms with Crippen molar-refractivity contribution in [2.45, 2.75) is 6.92 Å². The average Bonchev–Trinajstić information content (AvgIpc) is 2.38. The third-order valence-corrected chi connectivity index (χ3v) is 2.86. The van der Waals surface area contributed by atoms with Crippen molar-refractivity contribution in [1.82, 2.24) is 9.88 Å².